The van der Waals surface area contributed by atoms with Crippen LogP contribution in [0.5, 0.6) is 0 Å². The van der Waals surface area contributed by atoms with Crippen molar-refractivity contribution in [2.75, 3.05) is 25.0 Å². The Morgan fingerprint density at radius 3 is 2.29 bits per heavy atom. The van der Waals surface area contributed by atoms with Crippen LogP contribution in [0, 0.1) is 12.8 Å². The molecule has 0 aromatic heterocycles. The molecule has 1 heterocycles. The Morgan fingerprint density at radius 2 is 1.71 bits per heavy atom. The first-order valence-corrected chi connectivity index (χ1v) is 14.7. The smallest absolute Gasteiger partial charge is 0.426 e. The topological polar surface area (TPSA) is 95.9 Å². The maximum atomic E-state index is 13.5. The highest BCUT2D eigenvalue weighted by molar-refractivity contribution is 7.85. The van der Waals surface area contributed by atoms with Crippen molar-refractivity contribution < 1.29 is 35.7 Å². The summed E-state index contributed by atoms with van der Waals surface area (Å²) in [5, 5.41) is 2.77. The molecule has 1 saturated heterocycles. The number of aryl methyl sites for hydroxylation is 1. The quantitative estimate of drug-likeness (QED) is 0.279. The van der Waals surface area contributed by atoms with Gasteiger partial charge in [0.1, 0.15) is 0 Å². The molecule has 222 valence electrons. The largest absolute Gasteiger partial charge is 0.435 e. The number of rotatable bonds is 7. The van der Waals surface area contributed by atoms with Crippen molar-refractivity contribution in [3.63, 3.8) is 0 Å². The third kappa shape index (κ3) is 11.3. The number of hydrogen-bond donors (Lipinski definition) is 2. The van der Waals surface area contributed by atoms with Crippen LogP contribution < -0.4 is 5.32 Å². The highest BCUT2D eigenvalue weighted by Crippen LogP contribution is 2.27. The van der Waals surface area contributed by atoms with Crippen molar-refractivity contribution in [1.82, 2.24) is 4.90 Å². The molecule has 2 atom stereocenters. The van der Waals surface area contributed by atoms with E-state index in [0.29, 0.717) is 23.8 Å². The molecule has 12 heteroatoms. The van der Waals surface area contributed by atoms with Gasteiger partial charge in [0.25, 0.3) is 10.1 Å². The molecule has 4 rings (SSSR count). The number of nitrogens with zero attached hydrogens (tertiary/aromatic N) is 1. The van der Waals surface area contributed by atoms with Crippen LogP contribution in [-0.4, -0.2) is 55.9 Å². The minimum absolute atomic E-state index is 0.0666. The second-order valence-electron chi connectivity index (χ2n) is 9.81. The van der Waals surface area contributed by atoms with Gasteiger partial charge >= 0.3 is 12.3 Å². The SMILES string of the molecule is Cc1ccc(S(=O)(=O)O)cc1.O=C(Nc1ccc(Cl)cc1)O[C@@H](CN1CCC[C@H](Cc2ccccc2)C1)C(F)(F)F. The number of alkyl halides is 3. The minimum atomic E-state index is -4.65. The molecule has 2 N–H and O–H groups in total. The van der Waals surface area contributed by atoms with Crippen LogP contribution in [0.15, 0.2) is 83.8 Å². The zero-order valence-corrected chi connectivity index (χ0v) is 23.9. The van der Waals surface area contributed by atoms with E-state index in [4.69, 9.17) is 20.9 Å². The van der Waals surface area contributed by atoms with Gasteiger partial charge in [-0.3, -0.25) is 14.8 Å². The summed E-state index contributed by atoms with van der Waals surface area (Å²) in [7, 11) is -4.02. The summed E-state index contributed by atoms with van der Waals surface area (Å²) in [6.07, 6.45) is -5.37. The molecule has 1 amide bonds. The molecular formula is C29H32ClF3N2O5S. The lowest BCUT2D eigenvalue weighted by Gasteiger charge is -2.35. The third-order valence-electron chi connectivity index (χ3n) is 6.42. The van der Waals surface area contributed by atoms with Crippen molar-refractivity contribution in [3.05, 3.63) is 95.0 Å². The number of hydrogen-bond acceptors (Lipinski definition) is 5. The van der Waals surface area contributed by atoms with Crippen LogP contribution in [0.25, 0.3) is 0 Å². The van der Waals surface area contributed by atoms with E-state index in [2.05, 4.69) is 5.32 Å². The summed E-state index contributed by atoms with van der Waals surface area (Å²) < 4.78 is 74.9. The van der Waals surface area contributed by atoms with Crippen LogP contribution in [0.2, 0.25) is 5.02 Å². The van der Waals surface area contributed by atoms with E-state index in [9.17, 15) is 26.4 Å². The van der Waals surface area contributed by atoms with Gasteiger partial charge in [0.15, 0.2) is 0 Å². The van der Waals surface area contributed by atoms with Crippen molar-refractivity contribution in [2.24, 2.45) is 5.92 Å². The van der Waals surface area contributed by atoms with E-state index in [1.54, 1.807) is 17.0 Å². The average molecular weight is 613 g/mol. The van der Waals surface area contributed by atoms with Crippen molar-refractivity contribution in [2.45, 2.75) is 43.4 Å². The summed E-state index contributed by atoms with van der Waals surface area (Å²) >= 11 is 5.77. The molecule has 3 aromatic carbocycles. The van der Waals surface area contributed by atoms with Crippen molar-refractivity contribution >= 4 is 33.5 Å². The highest BCUT2D eigenvalue weighted by Gasteiger charge is 2.44. The van der Waals surface area contributed by atoms with Crippen molar-refractivity contribution in [1.29, 1.82) is 0 Å². The minimum Gasteiger partial charge on any atom is -0.435 e. The fourth-order valence-corrected chi connectivity index (χ4v) is 5.00. The Hall–Kier alpha value is -3.12. The summed E-state index contributed by atoms with van der Waals surface area (Å²) in [6.45, 7) is 2.57. The van der Waals surface area contributed by atoms with E-state index in [0.717, 1.165) is 24.8 Å². The second-order valence-corrected chi connectivity index (χ2v) is 11.7. The van der Waals surface area contributed by atoms with E-state index in [1.807, 2.05) is 37.3 Å². The lowest BCUT2D eigenvalue weighted by molar-refractivity contribution is -0.207. The van der Waals surface area contributed by atoms with E-state index in [1.165, 1.54) is 42.0 Å². The number of halogens is 4. The second kappa shape index (κ2) is 14.7. The van der Waals surface area contributed by atoms with E-state index >= 15 is 0 Å². The molecule has 1 aliphatic rings. The van der Waals surface area contributed by atoms with Gasteiger partial charge in [-0.25, -0.2) is 4.79 Å². The maximum Gasteiger partial charge on any atom is 0.426 e. The molecule has 0 spiro atoms. The van der Waals surface area contributed by atoms with Gasteiger partial charge in [-0.1, -0.05) is 59.6 Å². The maximum absolute atomic E-state index is 13.5. The normalized spacial score (nSPS) is 16.7. The van der Waals surface area contributed by atoms with Crippen LogP contribution >= 0.6 is 11.6 Å². The summed E-state index contributed by atoms with van der Waals surface area (Å²) in [4.78, 5) is 13.7. The number of benzene rings is 3. The third-order valence-corrected chi connectivity index (χ3v) is 7.54. The number of carbonyl (C=O) groups excluding carboxylic acids is 1. The molecule has 0 bridgehead atoms. The van der Waals surface area contributed by atoms with Gasteiger partial charge in [0.2, 0.25) is 6.10 Å². The van der Waals surface area contributed by atoms with E-state index < -0.39 is 28.5 Å². The summed E-state index contributed by atoms with van der Waals surface area (Å²) in [6, 6.07) is 21.9. The van der Waals surface area contributed by atoms with Gasteiger partial charge in [0.05, 0.1) is 4.90 Å². The Morgan fingerprint density at radius 1 is 1.07 bits per heavy atom. The molecule has 0 radical (unpaired) electrons. The van der Waals surface area contributed by atoms with Crippen LogP contribution in [0.4, 0.5) is 23.7 Å². The molecular weight excluding hydrogens is 581 g/mol. The van der Waals surface area contributed by atoms with Gasteiger partial charge < -0.3 is 4.74 Å². The fraction of sp³-hybridized carbons (Fsp3) is 0.345. The predicted molar refractivity (Wildman–Crippen MR) is 152 cm³/mol. The average Bonchev–Trinajstić information content (AvgIpc) is 2.90. The van der Waals surface area contributed by atoms with Crippen LogP contribution in [0.1, 0.15) is 24.0 Å². The Balaban J connectivity index is 0.000000352. The molecule has 0 aliphatic carbocycles. The number of anilines is 1. The first-order valence-electron chi connectivity index (χ1n) is 12.9. The van der Waals surface area contributed by atoms with Crippen LogP contribution in [0.3, 0.4) is 0 Å². The van der Waals surface area contributed by atoms with Crippen LogP contribution in [-0.2, 0) is 21.3 Å². The van der Waals surface area contributed by atoms with Gasteiger partial charge in [-0.05, 0) is 80.6 Å². The van der Waals surface area contributed by atoms with Crippen molar-refractivity contribution in [3.8, 4) is 0 Å². The Labute approximate surface area is 243 Å². The first kappa shape index (κ1) is 32.4. The molecule has 0 unspecified atom stereocenters. The summed E-state index contributed by atoms with van der Waals surface area (Å²) in [5.41, 5.74) is 2.44. The number of piperidine rings is 1. The first-order chi connectivity index (χ1) is 19.3. The molecule has 1 fully saturated rings. The number of amides is 1. The number of likely N-dealkylation sites (tertiary alicyclic amines) is 1. The van der Waals surface area contributed by atoms with Gasteiger partial charge in [0, 0.05) is 23.8 Å². The molecule has 3 aromatic rings. The standard InChI is InChI=1S/C22H24ClF3N2O2.C7H8O3S/c23-18-8-10-19(11-9-18)27-21(29)30-20(22(24,25)26)15-28-12-4-7-17(14-28)13-16-5-2-1-3-6-16;1-6-2-4-7(5-3-6)11(8,9)10/h1-3,5-6,8-11,17,20H,4,7,12-15H2,(H,27,29);2-5H,1H3,(H,8,9,10)/t17-,20+;/m1./s1. The van der Waals surface area contributed by atoms with E-state index in [-0.39, 0.29) is 17.4 Å². The molecule has 7 nitrogen and oxygen atoms in total. The lowest BCUT2D eigenvalue weighted by Crippen LogP contribution is -2.47. The number of carbonyl (C=O) groups is 1. The summed E-state index contributed by atoms with van der Waals surface area (Å²) in [5.74, 6) is 0.276. The highest BCUT2D eigenvalue weighted by atomic mass is 35.5. The van der Waals surface area contributed by atoms with Gasteiger partial charge in [-0.2, -0.15) is 21.6 Å². The molecule has 41 heavy (non-hydrogen) atoms. The predicted octanol–water partition coefficient (Wildman–Crippen LogP) is 7.02. The number of nitrogens with one attached hydrogen (secondary N) is 1. The zero-order valence-electron chi connectivity index (χ0n) is 22.4. The molecule has 0 saturated carbocycles. The lowest BCUT2D eigenvalue weighted by atomic mass is 9.91. The Bertz CT molecular complexity index is 1360. The number of ether oxygens (including phenoxy) is 1. The monoisotopic (exact) mass is 612 g/mol. The Kier molecular flexibility index (Phi) is 11.6. The van der Waals surface area contributed by atoms with Gasteiger partial charge in [-0.15, -0.1) is 0 Å². The molecule has 1 aliphatic heterocycles. The zero-order chi connectivity index (χ0) is 30.0. The fourth-order valence-electron chi connectivity index (χ4n) is 4.39.